The minimum absolute atomic E-state index is 0.0249. The van der Waals surface area contributed by atoms with Crippen LogP contribution in [0.5, 0.6) is 5.75 Å². The van der Waals surface area contributed by atoms with Crippen LogP contribution in [0.3, 0.4) is 0 Å². The van der Waals surface area contributed by atoms with Crippen molar-refractivity contribution in [1.29, 1.82) is 0 Å². The second-order valence-electron chi connectivity index (χ2n) is 6.19. The van der Waals surface area contributed by atoms with Crippen molar-refractivity contribution in [2.45, 2.75) is 51.2 Å². The molecular weight excluding hydrogens is 280 g/mol. The molecule has 1 aromatic rings. The zero-order valence-corrected chi connectivity index (χ0v) is 13.1. The number of aliphatic hydroxyl groups excluding tert-OH is 1. The number of aromatic hydroxyl groups is 1. The number of carbonyl (C=O) groups is 1. The van der Waals surface area contributed by atoms with Gasteiger partial charge in [-0.15, -0.1) is 0 Å². The van der Waals surface area contributed by atoms with Gasteiger partial charge in [-0.05, 0) is 49.4 Å². The Labute approximate surface area is 131 Å². The van der Waals surface area contributed by atoms with E-state index in [0.29, 0.717) is 11.5 Å². The molecule has 5 nitrogen and oxygen atoms in total. The average molecular weight is 306 g/mol. The molecule has 0 spiro atoms. The summed E-state index contributed by atoms with van der Waals surface area (Å²) in [4.78, 5) is 11.3. The standard InChI is InChI=1S/C17H26N2O3/c1-2-3-4-11-5-7-14(19-10-11)16(21)12-6-8-15(20)13(9-12)17(18)22/h6,8-9,11,14,16,19-21H,2-5,7,10H2,1H3,(H2,18,22). The third kappa shape index (κ3) is 3.99. The molecule has 5 N–H and O–H groups in total. The minimum atomic E-state index is -0.703. The molecule has 1 saturated heterocycles. The van der Waals surface area contributed by atoms with Crippen LogP contribution in [0.1, 0.15) is 61.1 Å². The molecule has 0 aliphatic carbocycles. The molecular formula is C17H26N2O3. The summed E-state index contributed by atoms with van der Waals surface area (Å²) >= 11 is 0. The lowest BCUT2D eigenvalue weighted by Gasteiger charge is -2.33. The summed E-state index contributed by atoms with van der Waals surface area (Å²) in [7, 11) is 0. The van der Waals surface area contributed by atoms with Gasteiger partial charge in [0.05, 0.1) is 11.7 Å². The summed E-state index contributed by atoms with van der Waals surface area (Å²) in [5.74, 6) is -0.160. The predicted molar refractivity (Wildman–Crippen MR) is 85.6 cm³/mol. The van der Waals surface area contributed by atoms with Crippen molar-refractivity contribution < 1.29 is 15.0 Å². The van der Waals surface area contributed by atoms with Crippen LogP contribution in [0.25, 0.3) is 0 Å². The van der Waals surface area contributed by atoms with E-state index < -0.39 is 12.0 Å². The largest absolute Gasteiger partial charge is 0.507 e. The molecule has 1 aromatic carbocycles. The number of phenols is 1. The van der Waals surface area contributed by atoms with Gasteiger partial charge in [0.2, 0.25) is 0 Å². The third-order valence-corrected chi connectivity index (χ3v) is 4.53. The zero-order valence-electron chi connectivity index (χ0n) is 13.1. The van der Waals surface area contributed by atoms with Crippen molar-refractivity contribution in [1.82, 2.24) is 5.32 Å². The first-order valence-electron chi connectivity index (χ1n) is 8.07. The number of unbranched alkanes of at least 4 members (excludes halogenated alkanes) is 1. The summed E-state index contributed by atoms with van der Waals surface area (Å²) in [6.45, 7) is 3.12. The molecule has 1 fully saturated rings. The van der Waals surface area contributed by atoms with Gasteiger partial charge in [0.15, 0.2) is 0 Å². The Bertz CT molecular complexity index is 511. The molecule has 22 heavy (non-hydrogen) atoms. The quantitative estimate of drug-likeness (QED) is 0.647. The van der Waals surface area contributed by atoms with Gasteiger partial charge in [-0.1, -0.05) is 25.8 Å². The summed E-state index contributed by atoms with van der Waals surface area (Å²) in [5.41, 5.74) is 5.89. The van der Waals surface area contributed by atoms with Crippen molar-refractivity contribution in [3.8, 4) is 5.75 Å². The summed E-state index contributed by atoms with van der Waals surface area (Å²) in [6, 6.07) is 4.50. The molecule has 3 unspecified atom stereocenters. The number of nitrogens with one attached hydrogen (secondary N) is 1. The molecule has 2 rings (SSSR count). The van der Waals surface area contributed by atoms with Crippen LogP contribution in [0.4, 0.5) is 0 Å². The molecule has 5 heteroatoms. The summed E-state index contributed by atoms with van der Waals surface area (Å²) in [5, 5.41) is 23.5. The van der Waals surface area contributed by atoms with Crippen LogP contribution in [-0.4, -0.2) is 28.7 Å². The first kappa shape index (κ1) is 16.8. The van der Waals surface area contributed by atoms with Crippen molar-refractivity contribution in [3.05, 3.63) is 29.3 Å². The van der Waals surface area contributed by atoms with Gasteiger partial charge < -0.3 is 21.3 Å². The van der Waals surface area contributed by atoms with Crippen LogP contribution in [-0.2, 0) is 0 Å². The molecule has 3 atom stereocenters. The lowest BCUT2D eigenvalue weighted by molar-refractivity contribution is 0.0987. The van der Waals surface area contributed by atoms with Gasteiger partial charge in [-0.3, -0.25) is 4.79 Å². The minimum Gasteiger partial charge on any atom is -0.507 e. The lowest BCUT2D eigenvalue weighted by Crippen LogP contribution is -2.42. The highest BCUT2D eigenvalue weighted by atomic mass is 16.3. The van der Waals surface area contributed by atoms with Crippen molar-refractivity contribution in [2.75, 3.05) is 6.54 Å². The number of benzene rings is 1. The van der Waals surface area contributed by atoms with Gasteiger partial charge >= 0.3 is 0 Å². The number of rotatable bonds is 6. The van der Waals surface area contributed by atoms with E-state index in [4.69, 9.17) is 5.73 Å². The van der Waals surface area contributed by atoms with Gasteiger partial charge in [0.1, 0.15) is 5.75 Å². The van der Waals surface area contributed by atoms with Crippen molar-refractivity contribution >= 4 is 5.91 Å². The molecule has 1 heterocycles. The Kier molecular flexibility index (Phi) is 5.80. The van der Waals surface area contributed by atoms with E-state index in [1.54, 1.807) is 6.07 Å². The molecule has 1 aliphatic rings. The van der Waals surface area contributed by atoms with E-state index in [2.05, 4.69) is 12.2 Å². The van der Waals surface area contributed by atoms with Gasteiger partial charge in [0.25, 0.3) is 5.91 Å². The monoisotopic (exact) mass is 306 g/mol. The van der Waals surface area contributed by atoms with E-state index in [9.17, 15) is 15.0 Å². The average Bonchev–Trinajstić information content (AvgIpc) is 2.53. The summed E-state index contributed by atoms with van der Waals surface area (Å²) < 4.78 is 0. The Morgan fingerprint density at radius 1 is 1.45 bits per heavy atom. The fourth-order valence-corrected chi connectivity index (χ4v) is 3.11. The second kappa shape index (κ2) is 7.61. The number of primary amides is 1. The third-order valence-electron chi connectivity index (χ3n) is 4.53. The Morgan fingerprint density at radius 3 is 2.82 bits per heavy atom. The van der Waals surface area contributed by atoms with E-state index >= 15 is 0 Å². The maximum atomic E-state index is 11.3. The van der Waals surface area contributed by atoms with Crippen LogP contribution in [0, 0.1) is 5.92 Å². The number of aliphatic hydroxyl groups is 1. The number of carbonyl (C=O) groups excluding carboxylic acids is 1. The number of nitrogens with two attached hydrogens (primary N) is 1. The second-order valence-corrected chi connectivity index (χ2v) is 6.19. The fraction of sp³-hybridized carbons (Fsp3) is 0.588. The maximum Gasteiger partial charge on any atom is 0.252 e. The Balaban J connectivity index is 1.99. The van der Waals surface area contributed by atoms with E-state index in [0.717, 1.165) is 19.4 Å². The SMILES string of the molecule is CCCCC1CCC(C(O)c2ccc(O)c(C(N)=O)c2)NC1. The van der Waals surface area contributed by atoms with Crippen LogP contribution < -0.4 is 11.1 Å². The highest BCUT2D eigenvalue weighted by Gasteiger charge is 2.27. The lowest BCUT2D eigenvalue weighted by atomic mass is 9.87. The highest BCUT2D eigenvalue weighted by molar-refractivity contribution is 5.95. The first-order chi connectivity index (χ1) is 10.5. The van der Waals surface area contributed by atoms with Crippen LogP contribution in [0.15, 0.2) is 18.2 Å². The Hall–Kier alpha value is -1.59. The number of amides is 1. The maximum absolute atomic E-state index is 11.3. The smallest absolute Gasteiger partial charge is 0.252 e. The molecule has 0 saturated carbocycles. The van der Waals surface area contributed by atoms with Crippen LogP contribution in [0.2, 0.25) is 0 Å². The topological polar surface area (TPSA) is 95.6 Å². The van der Waals surface area contributed by atoms with Crippen LogP contribution >= 0.6 is 0 Å². The molecule has 122 valence electrons. The van der Waals surface area contributed by atoms with Gasteiger partial charge in [-0.25, -0.2) is 0 Å². The molecule has 1 aliphatic heterocycles. The molecule has 1 amide bonds. The zero-order chi connectivity index (χ0) is 16.1. The molecule has 0 bridgehead atoms. The number of piperidine rings is 1. The molecule has 0 radical (unpaired) electrons. The van der Waals surface area contributed by atoms with E-state index in [-0.39, 0.29) is 17.4 Å². The fourth-order valence-electron chi connectivity index (χ4n) is 3.11. The predicted octanol–water partition coefficient (Wildman–Crippen LogP) is 2.08. The van der Waals surface area contributed by atoms with Gasteiger partial charge in [-0.2, -0.15) is 0 Å². The Morgan fingerprint density at radius 2 is 2.23 bits per heavy atom. The number of hydrogen-bond donors (Lipinski definition) is 4. The van der Waals surface area contributed by atoms with E-state index in [1.807, 2.05) is 0 Å². The summed E-state index contributed by atoms with van der Waals surface area (Å²) in [6.07, 6.45) is 5.01. The van der Waals surface area contributed by atoms with Crippen molar-refractivity contribution in [2.24, 2.45) is 11.7 Å². The molecule has 0 aromatic heterocycles. The van der Waals surface area contributed by atoms with Gasteiger partial charge in [0, 0.05) is 6.04 Å². The van der Waals surface area contributed by atoms with Crippen molar-refractivity contribution in [3.63, 3.8) is 0 Å². The normalized spacial score (nSPS) is 23.2. The highest BCUT2D eigenvalue weighted by Crippen LogP contribution is 2.29. The number of hydrogen-bond acceptors (Lipinski definition) is 4. The first-order valence-corrected chi connectivity index (χ1v) is 8.07. The van der Waals surface area contributed by atoms with E-state index in [1.165, 1.54) is 31.4 Å².